The average molecular weight is 178 g/mol. The minimum absolute atomic E-state index is 0.308. The van der Waals surface area contributed by atoms with Gasteiger partial charge in [-0.25, -0.2) is 0 Å². The fourth-order valence-corrected chi connectivity index (χ4v) is 1.86. The van der Waals surface area contributed by atoms with E-state index in [0.717, 1.165) is 30.5 Å². The van der Waals surface area contributed by atoms with E-state index in [4.69, 9.17) is 5.84 Å². The largest absolute Gasteiger partial charge is 0.388 e. The monoisotopic (exact) mass is 178 g/mol. The highest BCUT2D eigenvalue weighted by molar-refractivity contribution is 5.49. The van der Waals surface area contributed by atoms with Crippen molar-refractivity contribution in [2.24, 2.45) is 5.84 Å². The smallest absolute Gasteiger partial charge is 0.0793 e. The van der Waals surface area contributed by atoms with Gasteiger partial charge in [-0.3, -0.25) is 5.84 Å². The number of hydrogen-bond donors (Lipinski definition) is 3. The van der Waals surface area contributed by atoms with E-state index in [-0.39, 0.29) is 6.10 Å². The van der Waals surface area contributed by atoms with E-state index in [2.05, 4.69) is 5.43 Å². The van der Waals surface area contributed by atoms with Gasteiger partial charge < -0.3 is 10.5 Å². The Morgan fingerprint density at radius 1 is 1.46 bits per heavy atom. The Bertz CT molecular complexity index is 312. The van der Waals surface area contributed by atoms with Crippen molar-refractivity contribution >= 4 is 5.69 Å². The molecule has 0 saturated carbocycles. The van der Waals surface area contributed by atoms with Crippen LogP contribution in [0.3, 0.4) is 0 Å². The molecule has 1 atom stereocenters. The van der Waals surface area contributed by atoms with Gasteiger partial charge in [0.25, 0.3) is 0 Å². The number of hydrazine groups is 1. The average Bonchev–Trinajstić information content (AvgIpc) is 2.18. The van der Waals surface area contributed by atoms with Crippen molar-refractivity contribution in [3.05, 3.63) is 29.3 Å². The number of hydrogen-bond acceptors (Lipinski definition) is 3. The Morgan fingerprint density at radius 2 is 2.31 bits per heavy atom. The standard InChI is InChI=1S/C10H14N2O/c11-12-8-5-4-7-2-1-3-10(13)9(7)6-8/h4-6,10,12-13H,1-3,11H2. The third-order valence-electron chi connectivity index (χ3n) is 2.60. The second-order valence-corrected chi connectivity index (χ2v) is 3.47. The lowest BCUT2D eigenvalue weighted by Gasteiger charge is -2.21. The number of nitrogens with one attached hydrogen (secondary N) is 1. The normalized spacial score (nSPS) is 20.9. The summed E-state index contributed by atoms with van der Waals surface area (Å²) in [7, 11) is 0. The summed E-state index contributed by atoms with van der Waals surface area (Å²) in [6.45, 7) is 0. The molecule has 13 heavy (non-hydrogen) atoms. The summed E-state index contributed by atoms with van der Waals surface area (Å²) < 4.78 is 0. The molecule has 3 nitrogen and oxygen atoms in total. The molecular weight excluding hydrogens is 164 g/mol. The maximum absolute atomic E-state index is 9.71. The van der Waals surface area contributed by atoms with Crippen LogP contribution < -0.4 is 11.3 Å². The summed E-state index contributed by atoms with van der Waals surface area (Å²) in [4.78, 5) is 0. The van der Waals surface area contributed by atoms with E-state index in [9.17, 15) is 5.11 Å². The topological polar surface area (TPSA) is 58.3 Å². The fourth-order valence-electron chi connectivity index (χ4n) is 1.86. The summed E-state index contributed by atoms with van der Waals surface area (Å²) in [5.41, 5.74) is 5.72. The Labute approximate surface area is 77.5 Å². The zero-order chi connectivity index (χ0) is 9.26. The van der Waals surface area contributed by atoms with Gasteiger partial charge in [0.15, 0.2) is 0 Å². The summed E-state index contributed by atoms with van der Waals surface area (Å²) in [6, 6.07) is 5.91. The van der Waals surface area contributed by atoms with Crippen molar-refractivity contribution in [3.8, 4) is 0 Å². The van der Waals surface area contributed by atoms with Crippen molar-refractivity contribution < 1.29 is 5.11 Å². The first-order valence-corrected chi connectivity index (χ1v) is 4.59. The third-order valence-corrected chi connectivity index (χ3v) is 2.60. The zero-order valence-electron chi connectivity index (χ0n) is 7.46. The van der Waals surface area contributed by atoms with Gasteiger partial charge in [0.05, 0.1) is 6.10 Å². The highest BCUT2D eigenvalue weighted by atomic mass is 16.3. The first-order chi connectivity index (χ1) is 6.31. The molecule has 1 aliphatic rings. The molecule has 1 unspecified atom stereocenters. The molecule has 0 aromatic heterocycles. The number of aliphatic hydroxyl groups is 1. The van der Waals surface area contributed by atoms with Gasteiger partial charge in [-0.15, -0.1) is 0 Å². The second kappa shape index (κ2) is 3.36. The predicted molar refractivity (Wildman–Crippen MR) is 52.1 cm³/mol. The number of nitrogens with two attached hydrogens (primary N) is 1. The van der Waals surface area contributed by atoms with Gasteiger partial charge in [0.2, 0.25) is 0 Å². The van der Waals surface area contributed by atoms with E-state index < -0.39 is 0 Å². The minimum Gasteiger partial charge on any atom is -0.388 e. The molecular formula is C10H14N2O. The number of nitrogen functional groups attached to an aromatic ring is 1. The number of anilines is 1. The number of aliphatic hydroxyl groups excluding tert-OH is 1. The number of aryl methyl sites for hydroxylation is 1. The molecule has 1 aliphatic carbocycles. The van der Waals surface area contributed by atoms with Gasteiger partial charge in [0.1, 0.15) is 0 Å². The summed E-state index contributed by atoms with van der Waals surface area (Å²) in [5.74, 6) is 5.30. The van der Waals surface area contributed by atoms with E-state index >= 15 is 0 Å². The maximum atomic E-state index is 9.71. The number of benzene rings is 1. The minimum atomic E-state index is -0.308. The van der Waals surface area contributed by atoms with E-state index in [1.807, 2.05) is 18.2 Å². The molecule has 2 rings (SSSR count). The van der Waals surface area contributed by atoms with Crippen molar-refractivity contribution in [3.63, 3.8) is 0 Å². The maximum Gasteiger partial charge on any atom is 0.0793 e. The molecule has 0 fully saturated rings. The second-order valence-electron chi connectivity index (χ2n) is 3.47. The first kappa shape index (κ1) is 8.53. The van der Waals surface area contributed by atoms with Gasteiger partial charge in [-0.2, -0.15) is 0 Å². The van der Waals surface area contributed by atoms with Crippen molar-refractivity contribution in [2.75, 3.05) is 5.43 Å². The molecule has 0 radical (unpaired) electrons. The molecule has 1 aromatic carbocycles. The number of rotatable bonds is 1. The van der Waals surface area contributed by atoms with Gasteiger partial charge in [0, 0.05) is 5.69 Å². The summed E-state index contributed by atoms with van der Waals surface area (Å²) >= 11 is 0. The Balaban J connectivity index is 2.41. The van der Waals surface area contributed by atoms with Crippen LogP contribution in [0.4, 0.5) is 5.69 Å². The number of fused-ring (bicyclic) bond motifs is 1. The Hall–Kier alpha value is -1.06. The van der Waals surface area contributed by atoms with E-state index in [1.165, 1.54) is 5.56 Å². The summed E-state index contributed by atoms with van der Waals surface area (Å²) in [5, 5.41) is 9.71. The molecule has 0 heterocycles. The van der Waals surface area contributed by atoms with Gasteiger partial charge in [-0.05, 0) is 42.5 Å². The van der Waals surface area contributed by atoms with Crippen LogP contribution in [-0.2, 0) is 6.42 Å². The SMILES string of the molecule is NNc1ccc2c(c1)C(O)CCC2. The van der Waals surface area contributed by atoms with Crippen LogP contribution in [0, 0.1) is 0 Å². The van der Waals surface area contributed by atoms with Crippen LogP contribution >= 0.6 is 0 Å². The van der Waals surface area contributed by atoms with Crippen molar-refractivity contribution in [2.45, 2.75) is 25.4 Å². The molecule has 1 aromatic rings. The Kier molecular flexibility index (Phi) is 2.20. The van der Waals surface area contributed by atoms with Crippen molar-refractivity contribution in [1.82, 2.24) is 0 Å². The molecule has 70 valence electrons. The lowest BCUT2D eigenvalue weighted by atomic mass is 9.89. The fraction of sp³-hybridized carbons (Fsp3) is 0.400. The predicted octanol–water partition coefficient (Wildman–Crippen LogP) is 1.34. The molecule has 0 spiro atoms. The van der Waals surface area contributed by atoms with Gasteiger partial charge in [-0.1, -0.05) is 6.07 Å². The highest BCUT2D eigenvalue weighted by Crippen LogP contribution is 2.31. The van der Waals surface area contributed by atoms with Crippen LogP contribution in [0.5, 0.6) is 0 Å². The quantitative estimate of drug-likeness (QED) is 0.449. The zero-order valence-corrected chi connectivity index (χ0v) is 7.46. The molecule has 3 heteroatoms. The highest BCUT2D eigenvalue weighted by Gasteiger charge is 2.17. The van der Waals surface area contributed by atoms with Crippen LogP contribution in [0.25, 0.3) is 0 Å². The van der Waals surface area contributed by atoms with Gasteiger partial charge >= 0.3 is 0 Å². The van der Waals surface area contributed by atoms with Crippen molar-refractivity contribution in [1.29, 1.82) is 0 Å². The van der Waals surface area contributed by atoms with Crippen LogP contribution in [0.15, 0.2) is 18.2 Å². The van der Waals surface area contributed by atoms with E-state index in [1.54, 1.807) is 0 Å². The Morgan fingerprint density at radius 3 is 3.08 bits per heavy atom. The molecule has 0 bridgehead atoms. The molecule has 0 saturated heterocycles. The summed E-state index contributed by atoms with van der Waals surface area (Å²) in [6.07, 6.45) is 2.69. The van der Waals surface area contributed by atoms with Crippen LogP contribution in [0.1, 0.15) is 30.1 Å². The molecule has 4 N–H and O–H groups in total. The lowest BCUT2D eigenvalue weighted by molar-refractivity contribution is 0.156. The van der Waals surface area contributed by atoms with Crippen LogP contribution in [-0.4, -0.2) is 5.11 Å². The van der Waals surface area contributed by atoms with E-state index in [0.29, 0.717) is 0 Å². The lowest BCUT2D eigenvalue weighted by Crippen LogP contribution is -2.12. The first-order valence-electron chi connectivity index (χ1n) is 4.59. The molecule has 0 amide bonds. The van der Waals surface area contributed by atoms with Crippen LogP contribution in [0.2, 0.25) is 0 Å². The molecule has 0 aliphatic heterocycles. The third kappa shape index (κ3) is 1.53.